The highest BCUT2D eigenvalue weighted by atomic mass is 127. The number of halogens is 1. The van der Waals surface area contributed by atoms with Crippen molar-refractivity contribution in [3.05, 3.63) is 9.26 Å². The third kappa shape index (κ3) is 2.59. The van der Waals surface area contributed by atoms with Crippen LogP contribution in [0.3, 0.4) is 0 Å². The van der Waals surface area contributed by atoms with Gasteiger partial charge in [0.05, 0.1) is 9.26 Å². The summed E-state index contributed by atoms with van der Waals surface area (Å²) in [6, 6.07) is 0. The van der Waals surface area contributed by atoms with Crippen molar-refractivity contribution in [2.24, 2.45) is 0 Å². The minimum Gasteiger partial charge on any atom is -0.383 e. The van der Waals surface area contributed by atoms with Gasteiger partial charge in [-0.3, -0.25) is 0 Å². The van der Waals surface area contributed by atoms with E-state index in [1.807, 2.05) is 11.6 Å². The van der Waals surface area contributed by atoms with Gasteiger partial charge < -0.3 is 5.73 Å². The number of nitrogens with two attached hydrogens (primary N) is 1. The Morgan fingerprint density at radius 1 is 1.46 bits per heavy atom. The van der Waals surface area contributed by atoms with Crippen LogP contribution in [0.15, 0.2) is 0 Å². The summed E-state index contributed by atoms with van der Waals surface area (Å²) in [6.45, 7) is 5.14. The SMILES string of the molecule is CCCCCn1nc(C)c(I)c1N. The standard InChI is InChI=1S/C9H16IN3/c1-3-4-5-6-13-9(11)8(10)7(2)12-13/h3-6,11H2,1-2H3. The maximum atomic E-state index is 5.88. The van der Waals surface area contributed by atoms with Gasteiger partial charge in [0.25, 0.3) is 0 Å². The molecule has 2 N–H and O–H groups in total. The molecule has 0 fully saturated rings. The lowest BCUT2D eigenvalue weighted by atomic mass is 10.2. The lowest BCUT2D eigenvalue weighted by molar-refractivity contribution is 0.556. The molecule has 0 bridgehead atoms. The summed E-state index contributed by atoms with van der Waals surface area (Å²) >= 11 is 2.24. The molecule has 0 amide bonds. The zero-order valence-corrected chi connectivity index (χ0v) is 10.3. The van der Waals surface area contributed by atoms with Crippen LogP contribution in [0.4, 0.5) is 5.82 Å². The molecule has 0 aliphatic carbocycles. The van der Waals surface area contributed by atoms with Gasteiger partial charge in [-0.15, -0.1) is 0 Å². The average molecular weight is 293 g/mol. The van der Waals surface area contributed by atoms with Gasteiger partial charge in [0.2, 0.25) is 0 Å². The van der Waals surface area contributed by atoms with E-state index in [0.717, 1.165) is 28.0 Å². The number of rotatable bonds is 4. The molecule has 0 unspecified atom stereocenters. The summed E-state index contributed by atoms with van der Waals surface area (Å²) in [7, 11) is 0. The lowest BCUT2D eigenvalue weighted by Gasteiger charge is -2.02. The monoisotopic (exact) mass is 293 g/mol. The van der Waals surface area contributed by atoms with Crippen LogP contribution >= 0.6 is 22.6 Å². The van der Waals surface area contributed by atoms with E-state index in [1.165, 1.54) is 12.8 Å². The van der Waals surface area contributed by atoms with Gasteiger partial charge >= 0.3 is 0 Å². The first-order valence-electron chi connectivity index (χ1n) is 4.65. The van der Waals surface area contributed by atoms with Crippen molar-refractivity contribution in [2.75, 3.05) is 5.73 Å². The molecule has 1 aromatic rings. The topological polar surface area (TPSA) is 43.8 Å². The molecule has 0 spiro atoms. The van der Waals surface area contributed by atoms with Crippen molar-refractivity contribution >= 4 is 28.4 Å². The molecule has 0 saturated heterocycles. The van der Waals surface area contributed by atoms with Crippen molar-refractivity contribution in [2.45, 2.75) is 39.7 Å². The summed E-state index contributed by atoms with van der Waals surface area (Å²) in [5, 5.41) is 4.37. The quantitative estimate of drug-likeness (QED) is 0.685. The summed E-state index contributed by atoms with van der Waals surface area (Å²) in [5.41, 5.74) is 6.92. The number of nitrogens with zero attached hydrogens (tertiary/aromatic N) is 2. The van der Waals surface area contributed by atoms with Crippen molar-refractivity contribution in [3.63, 3.8) is 0 Å². The molecule has 0 aliphatic rings. The van der Waals surface area contributed by atoms with Crippen molar-refractivity contribution in [1.82, 2.24) is 9.78 Å². The van der Waals surface area contributed by atoms with Gasteiger partial charge in [-0.2, -0.15) is 5.10 Å². The maximum Gasteiger partial charge on any atom is 0.135 e. The van der Waals surface area contributed by atoms with E-state index in [1.54, 1.807) is 0 Å². The van der Waals surface area contributed by atoms with E-state index in [4.69, 9.17) is 5.73 Å². The van der Waals surface area contributed by atoms with E-state index in [0.29, 0.717) is 0 Å². The fraction of sp³-hybridized carbons (Fsp3) is 0.667. The van der Waals surface area contributed by atoms with Gasteiger partial charge in [0.15, 0.2) is 0 Å². The molecule has 0 radical (unpaired) electrons. The van der Waals surface area contributed by atoms with E-state index in [-0.39, 0.29) is 0 Å². The summed E-state index contributed by atoms with van der Waals surface area (Å²) in [6.07, 6.45) is 3.64. The van der Waals surface area contributed by atoms with Crippen LogP contribution in [-0.2, 0) is 6.54 Å². The molecule has 0 aromatic carbocycles. The third-order valence-electron chi connectivity index (χ3n) is 2.06. The smallest absolute Gasteiger partial charge is 0.135 e. The van der Waals surface area contributed by atoms with Crippen LogP contribution in [0.2, 0.25) is 0 Å². The first kappa shape index (κ1) is 10.8. The van der Waals surface area contributed by atoms with E-state index >= 15 is 0 Å². The zero-order valence-electron chi connectivity index (χ0n) is 8.18. The van der Waals surface area contributed by atoms with Crippen molar-refractivity contribution in [1.29, 1.82) is 0 Å². The fourth-order valence-corrected chi connectivity index (χ4v) is 1.65. The fourth-order valence-electron chi connectivity index (χ4n) is 1.26. The molecular formula is C9H16IN3. The van der Waals surface area contributed by atoms with Crippen LogP contribution in [0, 0.1) is 10.5 Å². The Bertz CT molecular complexity index is 281. The van der Waals surface area contributed by atoms with Gasteiger partial charge in [0, 0.05) is 6.54 Å². The number of anilines is 1. The third-order valence-corrected chi connectivity index (χ3v) is 3.40. The van der Waals surface area contributed by atoms with Gasteiger partial charge in [-0.25, -0.2) is 4.68 Å². The zero-order chi connectivity index (χ0) is 9.84. The van der Waals surface area contributed by atoms with Crippen molar-refractivity contribution < 1.29 is 0 Å². The van der Waals surface area contributed by atoms with Crippen molar-refractivity contribution in [3.8, 4) is 0 Å². The lowest BCUT2D eigenvalue weighted by Crippen LogP contribution is -2.05. The molecule has 3 nitrogen and oxygen atoms in total. The van der Waals surface area contributed by atoms with Gasteiger partial charge in [0.1, 0.15) is 5.82 Å². The first-order chi connectivity index (χ1) is 6.16. The molecule has 13 heavy (non-hydrogen) atoms. The van der Waals surface area contributed by atoms with Crippen LogP contribution in [-0.4, -0.2) is 9.78 Å². The number of unbranched alkanes of at least 4 members (excludes halogenated alkanes) is 2. The molecule has 74 valence electrons. The predicted molar refractivity (Wildman–Crippen MR) is 63.6 cm³/mol. The minimum absolute atomic E-state index is 0.814. The van der Waals surface area contributed by atoms with Crippen LogP contribution in [0.5, 0.6) is 0 Å². The molecule has 1 aromatic heterocycles. The number of hydrogen-bond acceptors (Lipinski definition) is 2. The highest BCUT2D eigenvalue weighted by Gasteiger charge is 2.08. The highest BCUT2D eigenvalue weighted by molar-refractivity contribution is 14.1. The Hall–Kier alpha value is -0.260. The second kappa shape index (κ2) is 4.83. The van der Waals surface area contributed by atoms with Gasteiger partial charge in [-0.05, 0) is 35.9 Å². The van der Waals surface area contributed by atoms with Crippen LogP contribution < -0.4 is 5.73 Å². The summed E-state index contributed by atoms with van der Waals surface area (Å²) in [4.78, 5) is 0. The second-order valence-corrected chi connectivity index (χ2v) is 4.29. The summed E-state index contributed by atoms with van der Waals surface area (Å²) in [5.74, 6) is 0.814. The highest BCUT2D eigenvalue weighted by Crippen LogP contribution is 2.18. The minimum atomic E-state index is 0.814. The molecule has 1 rings (SSSR count). The number of aromatic nitrogens is 2. The number of hydrogen-bond donors (Lipinski definition) is 1. The number of nitrogen functional groups attached to an aromatic ring is 1. The Morgan fingerprint density at radius 3 is 2.62 bits per heavy atom. The predicted octanol–water partition coefficient (Wildman–Crippen LogP) is 2.57. The molecule has 0 saturated carbocycles. The largest absolute Gasteiger partial charge is 0.383 e. The second-order valence-electron chi connectivity index (χ2n) is 3.21. The summed E-state index contributed by atoms with van der Waals surface area (Å²) < 4.78 is 3.00. The maximum absolute atomic E-state index is 5.88. The Morgan fingerprint density at radius 2 is 2.15 bits per heavy atom. The van der Waals surface area contributed by atoms with E-state index in [2.05, 4.69) is 34.6 Å². The Labute approximate surface area is 92.8 Å². The van der Waals surface area contributed by atoms with Crippen LogP contribution in [0.25, 0.3) is 0 Å². The molecule has 1 heterocycles. The molecule has 0 atom stereocenters. The average Bonchev–Trinajstić information content (AvgIpc) is 2.34. The Balaban J connectivity index is 2.61. The molecule has 4 heteroatoms. The van der Waals surface area contributed by atoms with Gasteiger partial charge in [-0.1, -0.05) is 19.8 Å². The normalized spacial score (nSPS) is 10.7. The molecular weight excluding hydrogens is 277 g/mol. The van der Waals surface area contributed by atoms with Crippen LogP contribution in [0.1, 0.15) is 31.9 Å². The van der Waals surface area contributed by atoms with E-state index < -0.39 is 0 Å². The first-order valence-corrected chi connectivity index (χ1v) is 5.73. The van der Waals surface area contributed by atoms with E-state index in [9.17, 15) is 0 Å². The molecule has 0 aliphatic heterocycles. The number of aryl methyl sites for hydroxylation is 2. The Kier molecular flexibility index (Phi) is 4.02.